The zero-order chi connectivity index (χ0) is 19.2. The van der Waals surface area contributed by atoms with Crippen LogP contribution in [0.25, 0.3) is 0 Å². The van der Waals surface area contributed by atoms with E-state index in [0.29, 0.717) is 29.4 Å². The molecule has 1 saturated heterocycles. The first-order valence-corrected chi connectivity index (χ1v) is 9.39. The standard InChI is InChI=1S/C21H23ClN2O3.ClH/c1-27-18-7-5-15(6-8-18)20(25)9-10-21(26)24-12-11-23-14-19(24)16-3-2-4-17(22)13-16;/h2-8,13,19,23H,9-12,14H2,1H3;1H. The molecule has 1 fully saturated rings. The molecule has 1 aliphatic heterocycles. The Labute approximate surface area is 176 Å². The van der Waals surface area contributed by atoms with Crippen molar-refractivity contribution in [1.82, 2.24) is 10.2 Å². The van der Waals surface area contributed by atoms with E-state index in [1.807, 2.05) is 29.2 Å². The summed E-state index contributed by atoms with van der Waals surface area (Å²) in [6.45, 7) is 2.04. The van der Waals surface area contributed by atoms with Gasteiger partial charge in [-0.15, -0.1) is 12.4 Å². The van der Waals surface area contributed by atoms with Crippen molar-refractivity contribution < 1.29 is 14.3 Å². The molecule has 1 atom stereocenters. The monoisotopic (exact) mass is 422 g/mol. The van der Waals surface area contributed by atoms with Crippen LogP contribution in [0, 0.1) is 0 Å². The third-order valence-corrected chi connectivity index (χ3v) is 5.01. The van der Waals surface area contributed by atoms with Crippen LogP contribution < -0.4 is 10.1 Å². The molecule has 0 radical (unpaired) electrons. The normalized spacial score (nSPS) is 16.2. The van der Waals surface area contributed by atoms with E-state index < -0.39 is 0 Å². The van der Waals surface area contributed by atoms with Gasteiger partial charge < -0.3 is 15.0 Å². The Morgan fingerprint density at radius 3 is 2.61 bits per heavy atom. The summed E-state index contributed by atoms with van der Waals surface area (Å²) in [5, 5.41) is 3.98. The number of hydrogen-bond donors (Lipinski definition) is 1. The zero-order valence-electron chi connectivity index (χ0n) is 15.7. The number of ketones is 1. The van der Waals surface area contributed by atoms with E-state index in [9.17, 15) is 9.59 Å². The molecule has 1 unspecified atom stereocenters. The fraction of sp³-hybridized carbons (Fsp3) is 0.333. The molecule has 0 spiro atoms. The molecule has 0 bridgehead atoms. The molecule has 0 aliphatic carbocycles. The minimum Gasteiger partial charge on any atom is -0.497 e. The molecule has 3 rings (SSSR count). The smallest absolute Gasteiger partial charge is 0.223 e. The fourth-order valence-corrected chi connectivity index (χ4v) is 3.50. The Bertz CT molecular complexity index is 812. The summed E-state index contributed by atoms with van der Waals surface area (Å²) in [7, 11) is 1.58. The highest BCUT2D eigenvalue weighted by Crippen LogP contribution is 2.25. The van der Waals surface area contributed by atoms with Gasteiger partial charge in [-0.2, -0.15) is 0 Å². The van der Waals surface area contributed by atoms with E-state index in [-0.39, 0.29) is 43.0 Å². The number of nitrogens with zero attached hydrogens (tertiary/aromatic N) is 1. The lowest BCUT2D eigenvalue weighted by atomic mass is 10.0. The lowest BCUT2D eigenvalue weighted by Crippen LogP contribution is -2.48. The number of Topliss-reactive ketones (excluding diaryl/α,β-unsaturated/α-hetero) is 1. The second kappa shape index (κ2) is 10.5. The van der Waals surface area contributed by atoms with Crippen molar-refractivity contribution in [3.05, 3.63) is 64.7 Å². The molecule has 150 valence electrons. The van der Waals surface area contributed by atoms with Crippen LogP contribution in [-0.2, 0) is 4.79 Å². The van der Waals surface area contributed by atoms with Crippen LogP contribution in [0.3, 0.4) is 0 Å². The van der Waals surface area contributed by atoms with Crippen molar-refractivity contribution >= 4 is 35.7 Å². The molecule has 0 aromatic heterocycles. The highest BCUT2D eigenvalue weighted by atomic mass is 35.5. The topological polar surface area (TPSA) is 58.6 Å². The number of ether oxygens (including phenoxy) is 1. The molecule has 2 aromatic carbocycles. The number of methoxy groups -OCH3 is 1. The van der Waals surface area contributed by atoms with Gasteiger partial charge in [-0.25, -0.2) is 0 Å². The lowest BCUT2D eigenvalue weighted by Gasteiger charge is -2.36. The van der Waals surface area contributed by atoms with Crippen molar-refractivity contribution in [2.45, 2.75) is 18.9 Å². The maximum Gasteiger partial charge on any atom is 0.223 e. The van der Waals surface area contributed by atoms with Crippen molar-refractivity contribution in [2.24, 2.45) is 0 Å². The summed E-state index contributed by atoms with van der Waals surface area (Å²) >= 11 is 6.11. The SMILES string of the molecule is COc1ccc(C(=O)CCC(=O)N2CCNCC2c2cccc(Cl)c2)cc1.Cl. The second-order valence-electron chi connectivity index (χ2n) is 6.51. The molecule has 0 saturated carbocycles. The summed E-state index contributed by atoms with van der Waals surface area (Å²) in [6, 6.07) is 14.5. The Morgan fingerprint density at radius 2 is 1.93 bits per heavy atom. The number of rotatable bonds is 6. The first kappa shape index (κ1) is 22.2. The Morgan fingerprint density at radius 1 is 1.18 bits per heavy atom. The van der Waals surface area contributed by atoms with E-state index in [2.05, 4.69) is 5.32 Å². The number of piperazine rings is 1. The molecule has 1 N–H and O–H groups in total. The van der Waals surface area contributed by atoms with E-state index >= 15 is 0 Å². The number of halogens is 2. The first-order chi connectivity index (χ1) is 13.1. The predicted octanol–water partition coefficient (Wildman–Crippen LogP) is 3.91. The van der Waals surface area contributed by atoms with Crippen LogP contribution in [0.4, 0.5) is 0 Å². The Hall–Kier alpha value is -2.08. The number of hydrogen-bond acceptors (Lipinski definition) is 4. The van der Waals surface area contributed by atoms with Crippen LogP contribution in [-0.4, -0.2) is 43.3 Å². The Balaban J connectivity index is 0.00000280. The van der Waals surface area contributed by atoms with Gasteiger partial charge in [0.1, 0.15) is 5.75 Å². The summed E-state index contributed by atoms with van der Waals surface area (Å²) in [5.74, 6) is 0.650. The van der Waals surface area contributed by atoms with E-state index in [4.69, 9.17) is 16.3 Å². The van der Waals surface area contributed by atoms with E-state index in [1.165, 1.54) is 0 Å². The highest BCUT2D eigenvalue weighted by molar-refractivity contribution is 6.30. The average molecular weight is 423 g/mol. The molecule has 7 heteroatoms. The van der Waals surface area contributed by atoms with Crippen molar-refractivity contribution in [2.75, 3.05) is 26.7 Å². The van der Waals surface area contributed by atoms with Crippen LogP contribution in [0.15, 0.2) is 48.5 Å². The molecule has 2 aromatic rings. The first-order valence-electron chi connectivity index (χ1n) is 9.01. The van der Waals surface area contributed by atoms with Crippen molar-refractivity contribution in [3.8, 4) is 5.75 Å². The highest BCUT2D eigenvalue weighted by Gasteiger charge is 2.28. The fourth-order valence-electron chi connectivity index (χ4n) is 3.30. The quantitative estimate of drug-likeness (QED) is 0.716. The summed E-state index contributed by atoms with van der Waals surface area (Å²) < 4.78 is 5.10. The van der Waals surface area contributed by atoms with Gasteiger partial charge in [-0.3, -0.25) is 9.59 Å². The van der Waals surface area contributed by atoms with Gasteiger partial charge in [0.05, 0.1) is 13.2 Å². The maximum absolute atomic E-state index is 12.8. The van der Waals surface area contributed by atoms with Crippen LogP contribution in [0.1, 0.15) is 34.8 Å². The number of carbonyl (C=O) groups is 2. The minimum absolute atomic E-state index is 0. The van der Waals surface area contributed by atoms with Gasteiger partial charge >= 0.3 is 0 Å². The summed E-state index contributed by atoms with van der Waals surface area (Å²) in [6.07, 6.45) is 0.388. The predicted molar refractivity (Wildman–Crippen MR) is 113 cm³/mol. The number of benzene rings is 2. The third kappa shape index (κ3) is 5.47. The zero-order valence-corrected chi connectivity index (χ0v) is 17.3. The van der Waals surface area contributed by atoms with Gasteiger partial charge in [0.2, 0.25) is 5.91 Å². The summed E-state index contributed by atoms with van der Waals surface area (Å²) in [5.41, 5.74) is 1.60. The maximum atomic E-state index is 12.8. The van der Waals surface area contributed by atoms with Gasteiger partial charge in [-0.05, 0) is 42.0 Å². The molecular formula is C21H24Cl2N2O3. The Kier molecular flexibility index (Phi) is 8.30. The summed E-state index contributed by atoms with van der Waals surface area (Å²) in [4.78, 5) is 27.0. The number of nitrogens with one attached hydrogen (secondary N) is 1. The molecule has 1 heterocycles. The average Bonchev–Trinajstić information content (AvgIpc) is 2.72. The molecule has 28 heavy (non-hydrogen) atoms. The molecule has 5 nitrogen and oxygen atoms in total. The number of carbonyl (C=O) groups excluding carboxylic acids is 2. The van der Waals surface area contributed by atoms with Crippen LogP contribution in [0.2, 0.25) is 5.02 Å². The third-order valence-electron chi connectivity index (χ3n) is 4.78. The van der Waals surface area contributed by atoms with Gasteiger partial charge in [0.15, 0.2) is 5.78 Å². The molecular weight excluding hydrogens is 399 g/mol. The van der Waals surface area contributed by atoms with Crippen molar-refractivity contribution in [1.29, 1.82) is 0 Å². The number of amides is 1. The van der Waals surface area contributed by atoms with E-state index in [0.717, 1.165) is 12.1 Å². The van der Waals surface area contributed by atoms with Crippen molar-refractivity contribution in [3.63, 3.8) is 0 Å². The van der Waals surface area contributed by atoms with Gasteiger partial charge in [0, 0.05) is 43.1 Å². The molecule has 1 amide bonds. The largest absolute Gasteiger partial charge is 0.497 e. The molecule has 1 aliphatic rings. The van der Waals surface area contributed by atoms with Crippen LogP contribution in [0.5, 0.6) is 5.75 Å². The minimum atomic E-state index is -0.0685. The second-order valence-corrected chi connectivity index (χ2v) is 6.95. The van der Waals surface area contributed by atoms with Gasteiger partial charge in [-0.1, -0.05) is 23.7 Å². The lowest BCUT2D eigenvalue weighted by molar-refractivity contribution is -0.134. The van der Waals surface area contributed by atoms with Gasteiger partial charge in [0.25, 0.3) is 0 Å². The van der Waals surface area contributed by atoms with Crippen LogP contribution >= 0.6 is 24.0 Å². The van der Waals surface area contributed by atoms with E-state index in [1.54, 1.807) is 31.4 Å².